The number of allylic oxidation sites excluding steroid dienone is 1. The number of furan rings is 1. The lowest BCUT2D eigenvalue weighted by Gasteiger charge is -2.15. The fourth-order valence-corrected chi connectivity index (χ4v) is 4.00. The number of nitrogens with zero attached hydrogens (tertiary/aromatic N) is 3. The summed E-state index contributed by atoms with van der Waals surface area (Å²) in [7, 11) is 3.45. The Kier molecular flexibility index (Phi) is 9.64. The average Bonchev–Trinajstić information content (AvgIpc) is 3.33. The topological polar surface area (TPSA) is 78.9 Å². The van der Waals surface area contributed by atoms with Crippen LogP contribution < -0.4 is 10.2 Å². The predicted octanol–water partition coefficient (Wildman–Crippen LogP) is 4.98. The number of methoxy groups -OCH3 is 1. The minimum Gasteiger partial charge on any atom is -0.491 e. The van der Waals surface area contributed by atoms with Gasteiger partial charge in [0.15, 0.2) is 5.49 Å². The van der Waals surface area contributed by atoms with Crippen molar-refractivity contribution in [2.24, 2.45) is 4.99 Å². The van der Waals surface area contributed by atoms with E-state index >= 15 is 0 Å². The molecular formula is C27H35N3O4. The van der Waals surface area contributed by atoms with E-state index in [0.29, 0.717) is 26.1 Å². The summed E-state index contributed by atoms with van der Waals surface area (Å²) in [5.74, 6) is 1.72. The second kappa shape index (κ2) is 12.9. The fourth-order valence-electron chi connectivity index (χ4n) is 4.00. The Morgan fingerprint density at radius 3 is 2.71 bits per heavy atom. The fraction of sp³-hybridized carbons (Fsp3) is 0.444. The third-order valence-electron chi connectivity index (χ3n) is 5.63. The summed E-state index contributed by atoms with van der Waals surface area (Å²) in [5.41, 5.74) is 4.47. The van der Waals surface area contributed by atoms with Crippen LogP contribution in [0.1, 0.15) is 50.5 Å². The Balaban J connectivity index is 1.63. The van der Waals surface area contributed by atoms with Gasteiger partial charge in [0, 0.05) is 32.3 Å². The lowest BCUT2D eigenvalue weighted by atomic mass is 10.1. The van der Waals surface area contributed by atoms with Gasteiger partial charge in [-0.25, -0.2) is 4.98 Å². The minimum absolute atomic E-state index is 0.226. The van der Waals surface area contributed by atoms with E-state index in [4.69, 9.17) is 18.9 Å². The summed E-state index contributed by atoms with van der Waals surface area (Å²) >= 11 is 0. The van der Waals surface area contributed by atoms with Gasteiger partial charge in [0.25, 0.3) is 0 Å². The molecule has 182 valence electrons. The van der Waals surface area contributed by atoms with Crippen molar-refractivity contribution >= 4 is 22.5 Å². The summed E-state index contributed by atoms with van der Waals surface area (Å²) < 4.78 is 18.2. The second-order valence-corrected chi connectivity index (χ2v) is 8.38. The number of unbranched alkanes of at least 4 members (excludes halogenated alkanes) is 3. The van der Waals surface area contributed by atoms with Gasteiger partial charge in [-0.2, -0.15) is 0 Å². The van der Waals surface area contributed by atoms with Crippen LogP contribution in [0.15, 0.2) is 52.6 Å². The average molecular weight is 466 g/mol. The Morgan fingerprint density at radius 1 is 1.18 bits per heavy atom. The normalized spacial score (nSPS) is 11.8. The number of carbonyl (C=O) groups is 1. The van der Waals surface area contributed by atoms with Gasteiger partial charge in [-0.05, 0) is 50.5 Å². The molecular weight excluding hydrogens is 430 g/mol. The summed E-state index contributed by atoms with van der Waals surface area (Å²) in [6.07, 6.45) is 7.30. The van der Waals surface area contributed by atoms with Crippen molar-refractivity contribution in [1.29, 1.82) is 0 Å². The molecule has 0 atom stereocenters. The summed E-state index contributed by atoms with van der Waals surface area (Å²) in [6.45, 7) is 7.15. The number of aromatic nitrogens is 2. The number of carbonyl (C=O) groups excluding carboxylic acids is 1. The molecule has 34 heavy (non-hydrogen) atoms. The van der Waals surface area contributed by atoms with Crippen molar-refractivity contribution < 1.29 is 18.7 Å². The van der Waals surface area contributed by atoms with Crippen LogP contribution in [0.5, 0.6) is 5.75 Å². The van der Waals surface area contributed by atoms with Gasteiger partial charge < -0.3 is 13.9 Å². The van der Waals surface area contributed by atoms with E-state index in [1.165, 1.54) is 0 Å². The maximum Gasteiger partial charge on any atom is 0.154 e. The number of fused-ring (bicyclic) bond motifs is 1. The third-order valence-corrected chi connectivity index (χ3v) is 5.63. The van der Waals surface area contributed by atoms with E-state index in [9.17, 15) is 4.79 Å². The highest BCUT2D eigenvalue weighted by Gasteiger charge is 2.12. The van der Waals surface area contributed by atoms with E-state index < -0.39 is 0 Å². The first kappa shape index (κ1) is 25.4. The number of hydrogen-bond acceptors (Lipinski definition) is 6. The van der Waals surface area contributed by atoms with Gasteiger partial charge >= 0.3 is 0 Å². The molecule has 1 aromatic carbocycles. The van der Waals surface area contributed by atoms with E-state index in [0.717, 1.165) is 71.5 Å². The Hall–Kier alpha value is -3.19. The predicted molar refractivity (Wildman–Crippen MR) is 134 cm³/mol. The molecule has 0 fully saturated rings. The third kappa shape index (κ3) is 6.90. The van der Waals surface area contributed by atoms with Crippen LogP contribution in [0.4, 0.5) is 0 Å². The molecule has 3 rings (SSSR count). The standard InChI is InChI=1S/C27H35N3O4/c1-20(2)30-26-14-13-23(34-17-16-32-4)19-25(26)29-24(27(30)28-3)12-8-6-5-7-10-21(31)18-22-11-9-15-33-22/h9,11,13-15,19H,1,5-8,10,12,16-18H2,2-4H3. The van der Waals surface area contributed by atoms with Crippen LogP contribution in [0.3, 0.4) is 0 Å². The number of benzene rings is 1. The van der Waals surface area contributed by atoms with Crippen molar-refractivity contribution in [3.8, 4) is 5.75 Å². The van der Waals surface area contributed by atoms with Crippen molar-refractivity contribution in [1.82, 2.24) is 9.55 Å². The number of rotatable bonds is 14. The second-order valence-electron chi connectivity index (χ2n) is 8.38. The van der Waals surface area contributed by atoms with E-state index in [1.807, 2.05) is 37.3 Å². The molecule has 0 aliphatic carbocycles. The van der Waals surface area contributed by atoms with Gasteiger partial charge in [0.1, 0.15) is 23.9 Å². The highest BCUT2D eigenvalue weighted by molar-refractivity contribution is 5.80. The van der Waals surface area contributed by atoms with E-state index in [2.05, 4.69) is 16.1 Å². The molecule has 0 saturated carbocycles. The molecule has 0 spiro atoms. The summed E-state index contributed by atoms with van der Waals surface area (Å²) in [5, 5.41) is 0. The molecule has 0 saturated heterocycles. The smallest absolute Gasteiger partial charge is 0.154 e. The quantitative estimate of drug-likeness (QED) is 0.314. The molecule has 0 amide bonds. The lowest BCUT2D eigenvalue weighted by molar-refractivity contribution is -0.118. The summed E-state index contributed by atoms with van der Waals surface area (Å²) in [4.78, 5) is 21.5. The van der Waals surface area contributed by atoms with Crippen LogP contribution >= 0.6 is 0 Å². The Bertz CT molecular complexity index is 1160. The molecule has 2 aromatic heterocycles. The van der Waals surface area contributed by atoms with Crippen molar-refractivity contribution in [2.45, 2.75) is 51.9 Å². The van der Waals surface area contributed by atoms with Gasteiger partial charge in [-0.15, -0.1) is 0 Å². The number of Topliss-reactive ketones (excluding diaryl/α,β-unsaturated/α-hetero) is 1. The Morgan fingerprint density at radius 2 is 2.00 bits per heavy atom. The van der Waals surface area contributed by atoms with E-state index in [1.54, 1.807) is 20.4 Å². The van der Waals surface area contributed by atoms with Gasteiger partial charge in [0.05, 0.1) is 36.0 Å². The van der Waals surface area contributed by atoms with E-state index in [-0.39, 0.29) is 5.78 Å². The molecule has 0 aliphatic rings. The van der Waals surface area contributed by atoms with Crippen molar-refractivity contribution in [3.05, 3.63) is 60.1 Å². The van der Waals surface area contributed by atoms with Gasteiger partial charge in [0.2, 0.25) is 0 Å². The molecule has 0 N–H and O–H groups in total. The minimum atomic E-state index is 0.226. The van der Waals surface area contributed by atoms with Gasteiger partial charge in [-0.1, -0.05) is 19.4 Å². The van der Waals surface area contributed by atoms with Crippen molar-refractivity contribution in [2.75, 3.05) is 27.4 Å². The highest BCUT2D eigenvalue weighted by atomic mass is 16.5. The lowest BCUT2D eigenvalue weighted by Crippen LogP contribution is -2.26. The first-order chi connectivity index (χ1) is 16.5. The number of aryl methyl sites for hydroxylation is 1. The SMILES string of the molecule is C=C(C)n1c(=NC)c(CCCCCCC(=O)Cc2ccco2)nc2cc(OCCOC)ccc21. The highest BCUT2D eigenvalue weighted by Crippen LogP contribution is 2.21. The molecule has 0 unspecified atom stereocenters. The molecule has 2 heterocycles. The van der Waals surface area contributed by atoms with Crippen LogP contribution in [-0.2, 0) is 22.4 Å². The largest absolute Gasteiger partial charge is 0.491 e. The Labute approximate surface area is 201 Å². The van der Waals surface area contributed by atoms with Crippen LogP contribution in [0.25, 0.3) is 16.7 Å². The zero-order chi connectivity index (χ0) is 24.3. The number of hydrogen-bond donors (Lipinski definition) is 0. The maximum absolute atomic E-state index is 12.1. The first-order valence-corrected chi connectivity index (χ1v) is 11.8. The molecule has 0 aliphatic heterocycles. The van der Waals surface area contributed by atoms with Gasteiger partial charge in [-0.3, -0.25) is 14.4 Å². The molecule has 3 aromatic rings. The van der Waals surface area contributed by atoms with Crippen molar-refractivity contribution in [3.63, 3.8) is 0 Å². The zero-order valence-electron chi connectivity index (χ0n) is 20.5. The summed E-state index contributed by atoms with van der Waals surface area (Å²) in [6, 6.07) is 9.55. The van der Waals surface area contributed by atoms with Crippen LogP contribution in [0, 0.1) is 0 Å². The molecule has 7 heteroatoms. The number of ketones is 1. The number of ether oxygens (including phenoxy) is 2. The van der Waals surface area contributed by atoms with Crippen LogP contribution in [-0.4, -0.2) is 42.7 Å². The molecule has 0 radical (unpaired) electrons. The first-order valence-electron chi connectivity index (χ1n) is 11.8. The zero-order valence-corrected chi connectivity index (χ0v) is 20.5. The van der Waals surface area contributed by atoms with Crippen LogP contribution in [0.2, 0.25) is 0 Å². The monoisotopic (exact) mass is 465 g/mol. The molecule has 7 nitrogen and oxygen atoms in total. The maximum atomic E-state index is 12.1. The molecule has 0 bridgehead atoms.